The molecule has 0 atom stereocenters. The number of imidazole rings is 1. The van der Waals surface area contributed by atoms with E-state index in [-0.39, 0.29) is 5.91 Å². The van der Waals surface area contributed by atoms with Crippen LogP contribution < -0.4 is 14.8 Å². The van der Waals surface area contributed by atoms with Crippen molar-refractivity contribution < 1.29 is 14.3 Å². The van der Waals surface area contributed by atoms with E-state index in [1.54, 1.807) is 18.2 Å². The first kappa shape index (κ1) is 19.8. The average molecular weight is 400 g/mol. The third-order valence-corrected chi connectivity index (χ3v) is 4.54. The average Bonchev–Trinajstić information content (AvgIpc) is 3.01. The molecule has 0 fully saturated rings. The van der Waals surface area contributed by atoms with Gasteiger partial charge in [0.2, 0.25) is 5.91 Å². The lowest BCUT2D eigenvalue weighted by molar-refractivity contribution is -0.116. The number of carbonyl (C=O) groups excluding carboxylic acids is 1. The van der Waals surface area contributed by atoms with E-state index >= 15 is 0 Å². The highest BCUT2D eigenvalue weighted by molar-refractivity contribution is 6.32. The molecule has 0 saturated carbocycles. The van der Waals surface area contributed by atoms with Crippen LogP contribution in [0.15, 0.2) is 42.5 Å². The van der Waals surface area contributed by atoms with Crippen molar-refractivity contribution in [3.05, 3.63) is 58.9 Å². The minimum atomic E-state index is -0.225. The van der Waals surface area contributed by atoms with Gasteiger partial charge in [-0.25, -0.2) is 4.98 Å². The van der Waals surface area contributed by atoms with Crippen molar-refractivity contribution in [2.45, 2.75) is 13.5 Å². The number of carbonyl (C=O) groups is 1. The topological polar surface area (TPSA) is 65.4 Å². The van der Waals surface area contributed by atoms with Crippen LogP contribution in [0.5, 0.6) is 11.5 Å². The minimum absolute atomic E-state index is 0.225. The number of nitrogens with one attached hydrogen (secondary N) is 1. The summed E-state index contributed by atoms with van der Waals surface area (Å²) in [5, 5.41) is 3.27. The Kier molecular flexibility index (Phi) is 6.21. The second kappa shape index (κ2) is 8.80. The third kappa shape index (κ3) is 4.28. The molecule has 1 heterocycles. The number of hydrogen-bond acceptors (Lipinski definition) is 4. The van der Waals surface area contributed by atoms with Gasteiger partial charge in [-0.05, 0) is 42.8 Å². The molecule has 0 aliphatic carbocycles. The van der Waals surface area contributed by atoms with Crippen molar-refractivity contribution in [1.29, 1.82) is 0 Å². The van der Waals surface area contributed by atoms with Gasteiger partial charge in [0, 0.05) is 13.1 Å². The molecule has 0 radical (unpaired) electrons. The SMILES string of the molecule is CCOc1cc(/C=C/C(=O)NCc2nc3ccccc3n2C)cc(Cl)c1OC. The molecule has 0 bridgehead atoms. The molecule has 0 spiro atoms. The lowest BCUT2D eigenvalue weighted by atomic mass is 10.2. The van der Waals surface area contributed by atoms with Gasteiger partial charge >= 0.3 is 0 Å². The third-order valence-electron chi connectivity index (χ3n) is 4.26. The molecule has 3 rings (SSSR count). The number of nitrogens with zero attached hydrogens (tertiary/aromatic N) is 2. The smallest absolute Gasteiger partial charge is 0.244 e. The Labute approximate surface area is 168 Å². The van der Waals surface area contributed by atoms with Crippen molar-refractivity contribution in [3.8, 4) is 11.5 Å². The number of ether oxygens (including phenoxy) is 2. The Morgan fingerprint density at radius 3 is 2.82 bits per heavy atom. The summed E-state index contributed by atoms with van der Waals surface area (Å²) in [5.74, 6) is 1.58. The molecule has 6 nitrogen and oxygen atoms in total. The predicted molar refractivity (Wildman–Crippen MR) is 111 cm³/mol. The van der Waals surface area contributed by atoms with Crippen LogP contribution in [-0.2, 0) is 18.4 Å². The molecule has 146 valence electrons. The van der Waals surface area contributed by atoms with Crippen LogP contribution in [-0.4, -0.2) is 29.2 Å². The Bertz CT molecular complexity index is 1030. The van der Waals surface area contributed by atoms with E-state index in [1.807, 2.05) is 42.8 Å². The highest BCUT2D eigenvalue weighted by Crippen LogP contribution is 2.36. The highest BCUT2D eigenvalue weighted by Gasteiger charge is 2.11. The molecule has 1 N–H and O–H groups in total. The van der Waals surface area contributed by atoms with E-state index < -0.39 is 0 Å². The van der Waals surface area contributed by atoms with Crippen LogP contribution in [0.4, 0.5) is 0 Å². The minimum Gasteiger partial charge on any atom is -0.491 e. The number of para-hydroxylation sites is 2. The number of aromatic nitrogens is 2. The Balaban J connectivity index is 1.69. The largest absolute Gasteiger partial charge is 0.491 e. The number of methoxy groups -OCH3 is 1. The van der Waals surface area contributed by atoms with Crippen molar-refractivity contribution in [2.24, 2.45) is 7.05 Å². The van der Waals surface area contributed by atoms with Crippen molar-refractivity contribution in [1.82, 2.24) is 14.9 Å². The zero-order valence-electron chi connectivity index (χ0n) is 16.0. The summed E-state index contributed by atoms with van der Waals surface area (Å²) in [6.45, 7) is 2.70. The fourth-order valence-electron chi connectivity index (χ4n) is 2.90. The van der Waals surface area contributed by atoms with Crippen LogP contribution in [0.25, 0.3) is 17.1 Å². The number of hydrogen-bond donors (Lipinski definition) is 1. The molecule has 2 aromatic carbocycles. The van der Waals surface area contributed by atoms with Crippen LogP contribution in [0.2, 0.25) is 5.02 Å². The van der Waals surface area contributed by atoms with E-state index in [0.717, 1.165) is 22.4 Å². The van der Waals surface area contributed by atoms with Crippen molar-refractivity contribution in [2.75, 3.05) is 13.7 Å². The van der Waals surface area contributed by atoms with Crippen LogP contribution >= 0.6 is 11.6 Å². The molecule has 0 saturated heterocycles. The predicted octanol–water partition coefficient (Wildman–Crippen LogP) is 3.96. The number of halogens is 1. The van der Waals surface area contributed by atoms with Gasteiger partial charge in [0.1, 0.15) is 5.82 Å². The maximum Gasteiger partial charge on any atom is 0.244 e. The van der Waals surface area contributed by atoms with Gasteiger partial charge in [-0.1, -0.05) is 23.7 Å². The first-order chi connectivity index (χ1) is 13.5. The van der Waals surface area contributed by atoms with E-state index in [0.29, 0.717) is 29.7 Å². The zero-order chi connectivity index (χ0) is 20.1. The molecule has 7 heteroatoms. The van der Waals surface area contributed by atoms with E-state index in [1.165, 1.54) is 13.2 Å². The van der Waals surface area contributed by atoms with Crippen molar-refractivity contribution in [3.63, 3.8) is 0 Å². The Morgan fingerprint density at radius 2 is 2.11 bits per heavy atom. The molecule has 0 aliphatic rings. The number of rotatable bonds is 7. The number of fused-ring (bicyclic) bond motifs is 1. The molecule has 1 amide bonds. The second-order valence-corrected chi connectivity index (χ2v) is 6.50. The normalized spacial score (nSPS) is 11.1. The first-order valence-electron chi connectivity index (χ1n) is 8.90. The van der Waals surface area contributed by atoms with Gasteiger partial charge in [-0.15, -0.1) is 0 Å². The lowest BCUT2D eigenvalue weighted by Crippen LogP contribution is -2.22. The summed E-state index contributed by atoms with van der Waals surface area (Å²) in [6, 6.07) is 11.4. The lowest BCUT2D eigenvalue weighted by Gasteiger charge is -2.11. The first-order valence-corrected chi connectivity index (χ1v) is 9.27. The summed E-state index contributed by atoms with van der Waals surface area (Å²) in [5.41, 5.74) is 2.67. The molecule has 0 unspecified atom stereocenters. The highest BCUT2D eigenvalue weighted by atomic mass is 35.5. The maximum absolute atomic E-state index is 12.2. The van der Waals surface area contributed by atoms with Gasteiger partial charge in [0.25, 0.3) is 0 Å². The molecular formula is C21H22ClN3O3. The summed E-state index contributed by atoms with van der Waals surface area (Å²) in [7, 11) is 3.47. The number of aryl methyl sites for hydroxylation is 1. The number of amides is 1. The molecular weight excluding hydrogens is 378 g/mol. The Morgan fingerprint density at radius 1 is 1.32 bits per heavy atom. The summed E-state index contributed by atoms with van der Waals surface area (Å²) < 4.78 is 12.8. The van der Waals surface area contributed by atoms with Gasteiger partial charge in [-0.2, -0.15) is 0 Å². The fourth-order valence-corrected chi connectivity index (χ4v) is 3.19. The molecule has 28 heavy (non-hydrogen) atoms. The van der Waals surface area contributed by atoms with Gasteiger partial charge in [-0.3, -0.25) is 4.79 Å². The van der Waals surface area contributed by atoms with Gasteiger partial charge in [0.05, 0.1) is 36.3 Å². The maximum atomic E-state index is 12.2. The van der Waals surface area contributed by atoms with Crippen LogP contribution in [0, 0.1) is 0 Å². The standard InChI is InChI=1S/C21H22ClN3O3/c1-4-28-18-12-14(11-15(22)21(18)27-3)9-10-20(26)23-13-19-24-16-7-5-6-8-17(16)25(19)2/h5-12H,4,13H2,1-3H3,(H,23,26)/b10-9+. The second-order valence-electron chi connectivity index (χ2n) is 6.09. The van der Waals surface area contributed by atoms with Crippen LogP contribution in [0.1, 0.15) is 18.3 Å². The molecule has 3 aromatic rings. The van der Waals surface area contributed by atoms with E-state index in [4.69, 9.17) is 21.1 Å². The monoisotopic (exact) mass is 399 g/mol. The van der Waals surface area contributed by atoms with Crippen molar-refractivity contribution >= 4 is 34.6 Å². The Hall–Kier alpha value is -2.99. The quantitative estimate of drug-likeness (QED) is 0.610. The fraction of sp³-hybridized carbons (Fsp3) is 0.238. The van der Waals surface area contributed by atoms with E-state index in [9.17, 15) is 4.79 Å². The molecule has 0 aliphatic heterocycles. The summed E-state index contributed by atoms with van der Waals surface area (Å²) >= 11 is 6.23. The zero-order valence-corrected chi connectivity index (χ0v) is 16.8. The molecule has 1 aromatic heterocycles. The van der Waals surface area contributed by atoms with Gasteiger partial charge in [0.15, 0.2) is 11.5 Å². The summed E-state index contributed by atoms with van der Waals surface area (Å²) in [4.78, 5) is 16.8. The van der Waals surface area contributed by atoms with Crippen LogP contribution in [0.3, 0.4) is 0 Å². The van der Waals surface area contributed by atoms with Gasteiger partial charge < -0.3 is 19.4 Å². The summed E-state index contributed by atoms with van der Waals surface area (Å²) in [6.07, 6.45) is 3.13. The van der Waals surface area contributed by atoms with E-state index in [2.05, 4.69) is 10.3 Å². The number of benzene rings is 2.